The second-order valence-electron chi connectivity index (χ2n) is 5.07. The summed E-state index contributed by atoms with van der Waals surface area (Å²) in [6.45, 7) is 1.78. The van der Waals surface area contributed by atoms with Crippen LogP contribution in [0.1, 0.15) is 43.4 Å². The molecule has 1 aliphatic carbocycles. The zero-order valence-electron chi connectivity index (χ0n) is 10.8. The molecule has 18 heavy (non-hydrogen) atoms. The van der Waals surface area contributed by atoms with Crippen LogP contribution in [0.2, 0.25) is 0 Å². The van der Waals surface area contributed by atoms with Crippen LogP contribution in [0.15, 0.2) is 5.16 Å². The standard InChI is InChI=1S/C13H20N4S/c1-18-13-16-11-8-14-7-10(11)12(17-13)15-9-5-3-2-4-6-9/h9,14H,2-8H2,1H3,(H,15,16,17). The predicted octanol–water partition coefficient (Wildman–Crippen LogP) is 2.55. The quantitative estimate of drug-likeness (QED) is 0.649. The van der Waals surface area contributed by atoms with Gasteiger partial charge in [0.15, 0.2) is 5.16 Å². The molecule has 3 rings (SSSR count). The lowest BCUT2D eigenvalue weighted by Gasteiger charge is -2.24. The van der Waals surface area contributed by atoms with Gasteiger partial charge in [-0.2, -0.15) is 0 Å². The average molecular weight is 264 g/mol. The molecule has 0 amide bonds. The van der Waals surface area contributed by atoms with Gasteiger partial charge in [0.2, 0.25) is 0 Å². The number of hydrogen-bond acceptors (Lipinski definition) is 5. The van der Waals surface area contributed by atoms with E-state index in [1.807, 2.05) is 6.26 Å². The minimum Gasteiger partial charge on any atom is -0.367 e. The minimum absolute atomic E-state index is 0.605. The highest BCUT2D eigenvalue weighted by molar-refractivity contribution is 7.98. The molecule has 1 saturated carbocycles. The average Bonchev–Trinajstić information content (AvgIpc) is 2.88. The number of nitrogens with zero attached hydrogens (tertiary/aromatic N) is 2. The first-order chi connectivity index (χ1) is 8.86. The van der Waals surface area contributed by atoms with E-state index in [1.54, 1.807) is 11.8 Å². The van der Waals surface area contributed by atoms with Crippen LogP contribution in [-0.4, -0.2) is 22.3 Å². The zero-order chi connectivity index (χ0) is 12.4. The van der Waals surface area contributed by atoms with Gasteiger partial charge in [0, 0.05) is 24.7 Å². The molecule has 0 aromatic carbocycles. The maximum Gasteiger partial charge on any atom is 0.189 e. The molecule has 2 heterocycles. The Labute approximate surface area is 112 Å². The highest BCUT2D eigenvalue weighted by Crippen LogP contribution is 2.27. The summed E-state index contributed by atoms with van der Waals surface area (Å²) in [5, 5.41) is 7.90. The first-order valence-electron chi connectivity index (χ1n) is 6.78. The Balaban J connectivity index is 1.83. The van der Waals surface area contributed by atoms with E-state index in [1.165, 1.54) is 43.4 Å². The largest absolute Gasteiger partial charge is 0.367 e. The summed E-state index contributed by atoms with van der Waals surface area (Å²) in [7, 11) is 0. The lowest BCUT2D eigenvalue weighted by Crippen LogP contribution is -2.24. The number of thioether (sulfide) groups is 1. The minimum atomic E-state index is 0.605. The third kappa shape index (κ3) is 2.47. The number of aromatic nitrogens is 2. The van der Waals surface area contributed by atoms with Crippen LogP contribution < -0.4 is 10.6 Å². The molecule has 98 valence electrons. The maximum absolute atomic E-state index is 4.66. The Bertz CT molecular complexity index is 429. The van der Waals surface area contributed by atoms with Crippen LogP contribution in [0.4, 0.5) is 5.82 Å². The van der Waals surface area contributed by atoms with Crippen LogP contribution in [0.3, 0.4) is 0 Å². The fraction of sp³-hybridized carbons (Fsp3) is 0.692. The lowest BCUT2D eigenvalue weighted by molar-refractivity contribution is 0.461. The molecule has 0 saturated heterocycles. The Morgan fingerprint density at radius 3 is 2.78 bits per heavy atom. The van der Waals surface area contributed by atoms with Crippen molar-refractivity contribution in [2.24, 2.45) is 0 Å². The summed E-state index contributed by atoms with van der Waals surface area (Å²) in [5.74, 6) is 1.07. The van der Waals surface area contributed by atoms with Crippen molar-refractivity contribution < 1.29 is 0 Å². The molecule has 1 aliphatic heterocycles. The molecule has 1 fully saturated rings. The molecule has 1 aromatic rings. The molecule has 4 nitrogen and oxygen atoms in total. The van der Waals surface area contributed by atoms with Crippen molar-refractivity contribution in [1.82, 2.24) is 15.3 Å². The van der Waals surface area contributed by atoms with Crippen molar-refractivity contribution in [3.63, 3.8) is 0 Å². The SMILES string of the molecule is CSc1nc2c(c(NC3CCCCC3)n1)CNC2. The molecule has 0 atom stereocenters. The monoisotopic (exact) mass is 264 g/mol. The van der Waals surface area contributed by atoms with E-state index in [9.17, 15) is 0 Å². The summed E-state index contributed by atoms with van der Waals surface area (Å²) in [6, 6.07) is 0.605. The van der Waals surface area contributed by atoms with Gasteiger partial charge < -0.3 is 10.6 Å². The Hall–Kier alpha value is -0.810. The summed E-state index contributed by atoms with van der Waals surface area (Å²) in [5.41, 5.74) is 2.45. The van der Waals surface area contributed by atoms with E-state index >= 15 is 0 Å². The molecular formula is C13H20N4S. The van der Waals surface area contributed by atoms with Gasteiger partial charge in [-0.05, 0) is 19.1 Å². The highest BCUT2D eigenvalue weighted by atomic mass is 32.2. The van der Waals surface area contributed by atoms with Crippen molar-refractivity contribution in [2.45, 2.75) is 56.4 Å². The maximum atomic E-state index is 4.66. The molecule has 0 spiro atoms. The van der Waals surface area contributed by atoms with Crippen molar-refractivity contribution >= 4 is 17.6 Å². The molecule has 0 bridgehead atoms. The van der Waals surface area contributed by atoms with Crippen molar-refractivity contribution in [3.05, 3.63) is 11.3 Å². The molecule has 0 radical (unpaired) electrons. The van der Waals surface area contributed by atoms with Crippen LogP contribution in [0.25, 0.3) is 0 Å². The molecule has 2 aliphatic rings. The van der Waals surface area contributed by atoms with E-state index in [2.05, 4.69) is 20.6 Å². The third-order valence-corrected chi connectivity index (χ3v) is 4.34. The van der Waals surface area contributed by atoms with E-state index in [4.69, 9.17) is 0 Å². The first kappa shape index (κ1) is 12.2. The Kier molecular flexibility index (Phi) is 3.70. The van der Waals surface area contributed by atoms with Crippen LogP contribution in [0, 0.1) is 0 Å². The van der Waals surface area contributed by atoms with Crippen LogP contribution >= 0.6 is 11.8 Å². The molecule has 5 heteroatoms. The van der Waals surface area contributed by atoms with Gasteiger partial charge in [-0.3, -0.25) is 0 Å². The number of fused-ring (bicyclic) bond motifs is 1. The summed E-state index contributed by atoms with van der Waals surface area (Å²) < 4.78 is 0. The summed E-state index contributed by atoms with van der Waals surface area (Å²) in [6.07, 6.45) is 8.67. The smallest absolute Gasteiger partial charge is 0.189 e. The van der Waals surface area contributed by atoms with Gasteiger partial charge in [-0.1, -0.05) is 31.0 Å². The van der Waals surface area contributed by atoms with Crippen LogP contribution in [0.5, 0.6) is 0 Å². The van der Waals surface area contributed by atoms with E-state index < -0.39 is 0 Å². The van der Waals surface area contributed by atoms with Gasteiger partial charge in [-0.25, -0.2) is 9.97 Å². The normalized spacial score (nSPS) is 19.8. The fourth-order valence-electron chi connectivity index (χ4n) is 2.80. The van der Waals surface area contributed by atoms with Gasteiger partial charge in [0.25, 0.3) is 0 Å². The predicted molar refractivity (Wildman–Crippen MR) is 74.9 cm³/mol. The summed E-state index contributed by atoms with van der Waals surface area (Å²) in [4.78, 5) is 9.23. The van der Waals surface area contributed by atoms with Gasteiger partial charge in [0.1, 0.15) is 5.82 Å². The van der Waals surface area contributed by atoms with E-state index in [0.717, 1.165) is 24.1 Å². The Morgan fingerprint density at radius 2 is 2.00 bits per heavy atom. The Morgan fingerprint density at radius 1 is 1.17 bits per heavy atom. The molecule has 0 unspecified atom stereocenters. The third-order valence-electron chi connectivity index (χ3n) is 3.80. The fourth-order valence-corrected chi connectivity index (χ4v) is 3.18. The number of rotatable bonds is 3. The highest BCUT2D eigenvalue weighted by Gasteiger charge is 2.21. The molecule has 1 aromatic heterocycles. The second-order valence-corrected chi connectivity index (χ2v) is 5.84. The van der Waals surface area contributed by atoms with Crippen molar-refractivity contribution in [2.75, 3.05) is 11.6 Å². The molecule has 2 N–H and O–H groups in total. The van der Waals surface area contributed by atoms with E-state index in [-0.39, 0.29) is 0 Å². The van der Waals surface area contributed by atoms with E-state index in [0.29, 0.717) is 6.04 Å². The van der Waals surface area contributed by atoms with Gasteiger partial charge in [0.05, 0.1) is 5.69 Å². The topological polar surface area (TPSA) is 49.8 Å². The van der Waals surface area contributed by atoms with Gasteiger partial charge >= 0.3 is 0 Å². The molecular weight excluding hydrogens is 244 g/mol. The lowest BCUT2D eigenvalue weighted by atomic mass is 9.95. The van der Waals surface area contributed by atoms with Gasteiger partial charge in [-0.15, -0.1) is 0 Å². The van der Waals surface area contributed by atoms with Crippen molar-refractivity contribution in [3.8, 4) is 0 Å². The van der Waals surface area contributed by atoms with Crippen LogP contribution in [-0.2, 0) is 13.1 Å². The zero-order valence-corrected chi connectivity index (χ0v) is 11.6. The second kappa shape index (κ2) is 5.45. The van der Waals surface area contributed by atoms with Crippen molar-refractivity contribution in [1.29, 1.82) is 0 Å². The number of hydrogen-bond donors (Lipinski definition) is 2. The first-order valence-corrected chi connectivity index (χ1v) is 8.00. The summed E-state index contributed by atoms with van der Waals surface area (Å²) >= 11 is 1.62. The number of nitrogens with one attached hydrogen (secondary N) is 2. The number of anilines is 1.